The van der Waals surface area contributed by atoms with Crippen molar-refractivity contribution in [1.29, 1.82) is 0 Å². The van der Waals surface area contributed by atoms with E-state index in [-0.39, 0.29) is 0 Å². The van der Waals surface area contributed by atoms with Crippen LogP contribution in [0.5, 0.6) is 0 Å². The molecule has 0 saturated heterocycles. The van der Waals surface area contributed by atoms with Crippen LogP contribution in [0.15, 0.2) is 24.8 Å². The van der Waals surface area contributed by atoms with Crippen molar-refractivity contribution in [2.45, 2.75) is 20.4 Å². The highest BCUT2D eigenvalue weighted by molar-refractivity contribution is 5.40. The van der Waals surface area contributed by atoms with Gasteiger partial charge in [-0.05, 0) is 27.0 Å². The van der Waals surface area contributed by atoms with Gasteiger partial charge in [-0.25, -0.2) is 4.98 Å². The summed E-state index contributed by atoms with van der Waals surface area (Å²) >= 11 is 0. The van der Waals surface area contributed by atoms with E-state index in [1.54, 1.807) is 0 Å². The minimum atomic E-state index is 0.805. The Morgan fingerprint density at radius 2 is 2.19 bits per heavy atom. The summed E-state index contributed by atoms with van der Waals surface area (Å²) in [4.78, 5) is 8.47. The molecule has 0 aliphatic carbocycles. The summed E-state index contributed by atoms with van der Waals surface area (Å²) < 4.78 is 2.10. The van der Waals surface area contributed by atoms with Gasteiger partial charge in [-0.15, -0.1) is 0 Å². The van der Waals surface area contributed by atoms with Crippen molar-refractivity contribution in [1.82, 2.24) is 19.9 Å². The number of aromatic nitrogens is 3. The van der Waals surface area contributed by atoms with E-state index in [1.165, 1.54) is 11.3 Å². The third kappa shape index (κ3) is 1.84. The Labute approximate surface area is 95.4 Å². The highest BCUT2D eigenvalue weighted by Crippen LogP contribution is 2.16. The molecule has 4 nitrogen and oxygen atoms in total. The Bertz CT molecular complexity index is 488. The lowest BCUT2D eigenvalue weighted by Crippen LogP contribution is -2.09. The van der Waals surface area contributed by atoms with Crippen LogP contribution in [0.3, 0.4) is 0 Å². The molecule has 0 spiro atoms. The molecule has 1 N–H and O–H groups in total. The molecule has 4 heteroatoms. The van der Waals surface area contributed by atoms with Gasteiger partial charge in [-0.1, -0.05) is 0 Å². The van der Waals surface area contributed by atoms with Crippen LogP contribution in [0.2, 0.25) is 0 Å². The first kappa shape index (κ1) is 10.8. The van der Waals surface area contributed by atoms with Crippen LogP contribution in [-0.2, 0) is 6.54 Å². The second-order valence-electron chi connectivity index (χ2n) is 3.82. The Morgan fingerprint density at radius 3 is 2.81 bits per heavy atom. The van der Waals surface area contributed by atoms with E-state index in [9.17, 15) is 0 Å². The Balaban J connectivity index is 2.51. The van der Waals surface area contributed by atoms with Gasteiger partial charge in [0.15, 0.2) is 0 Å². The van der Waals surface area contributed by atoms with Crippen molar-refractivity contribution >= 4 is 0 Å². The largest absolute Gasteiger partial charge is 0.316 e. The molecule has 16 heavy (non-hydrogen) atoms. The van der Waals surface area contributed by atoms with Gasteiger partial charge in [0.05, 0.1) is 17.7 Å². The molecule has 2 aromatic heterocycles. The number of imidazole rings is 1. The van der Waals surface area contributed by atoms with Crippen molar-refractivity contribution in [2.24, 2.45) is 0 Å². The topological polar surface area (TPSA) is 42.7 Å². The Hall–Kier alpha value is -1.68. The summed E-state index contributed by atoms with van der Waals surface area (Å²) in [6.07, 6.45) is 5.56. The maximum Gasteiger partial charge on any atom is 0.0997 e. The number of pyridine rings is 1. The van der Waals surface area contributed by atoms with Crippen LogP contribution in [0.25, 0.3) is 5.69 Å². The van der Waals surface area contributed by atoms with E-state index in [0.717, 1.165) is 17.9 Å². The molecule has 2 aromatic rings. The molecule has 84 valence electrons. The normalized spacial score (nSPS) is 10.7. The molecule has 0 aromatic carbocycles. The maximum absolute atomic E-state index is 4.32. The number of nitrogens with zero attached hydrogens (tertiary/aromatic N) is 3. The number of nitrogens with one attached hydrogen (secondary N) is 1. The lowest BCUT2D eigenvalue weighted by atomic mass is 10.2. The van der Waals surface area contributed by atoms with E-state index in [2.05, 4.69) is 26.8 Å². The third-order valence-corrected chi connectivity index (χ3v) is 2.76. The van der Waals surface area contributed by atoms with Gasteiger partial charge in [0.1, 0.15) is 0 Å². The SMILES string of the molecule is CNCc1cnccc1-n1cnc(C)c1C. The number of rotatable bonds is 3. The predicted octanol–water partition coefficient (Wildman–Crippen LogP) is 1.60. The van der Waals surface area contributed by atoms with Gasteiger partial charge >= 0.3 is 0 Å². The first-order valence-corrected chi connectivity index (χ1v) is 5.32. The van der Waals surface area contributed by atoms with E-state index in [0.29, 0.717) is 0 Å². The summed E-state index contributed by atoms with van der Waals surface area (Å²) in [6.45, 7) is 4.90. The predicted molar refractivity (Wildman–Crippen MR) is 63.6 cm³/mol. The summed E-state index contributed by atoms with van der Waals surface area (Å²) in [5, 5.41) is 3.15. The summed E-state index contributed by atoms with van der Waals surface area (Å²) in [5.74, 6) is 0. The fourth-order valence-electron chi connectivity index (χ4n) is 1.72. The van der Waals surface area contributed by atoms with E-state index in [1.807, 2.05) is 38.8 Å². The molecule has 0 fully saturated rings. The standard InChI is InChI=1S/C12H16N4/c1-9-10(2)16(8-15-9)12-4-5-14-7-11(12)6-13-3/h4-5,7-8,13H,6H2,1-3H3. The van der Waals surface area contributed by atoms with Gasteiger partial charge < -0.3 is 9.88 Å². The van der Waals surface area contributed by atoms with Crippen molar-refractivity contribution in [2.75, 3.05) is 7.05 Å². The van der Waals surface area contributed by atoms with Crippen molar-refractivity contribution in [3.05, 3.63) is 41.7 Å². The zero-order valence-electron chi connectivity index (χ0n) is 9.86. The lowest BCUT2D eigenvalue weighted by molar-refractivity contribution is 0.799. The first-order valence-electron chi connectivity index (χ1n) is 5.32. The van der Waals surface area contributed by atoms with Crippen molar-refractivity contribution < 1.29 is 0 Å². The number of hydrogen-bond donors (Lipinski definition) is 1. The molecule has 0 aliphatic heterocycles. The first-order chi connectivity index (χ1) is 7.74. The molecule has 0 unspecified atom stereocenters. The second-order valence-corrected chi connectivity index (χ2v) is 3.82. The fraction of sp³-hybridized carbons (Fsp3) is 0.333. The summed E-state index contributed by atoms with van der Waals surface area (Å²) in [5.41, 5.74) is 4.55. The molecule has 0 radical (unpaired) electrons. The molecule has 0 bridgehead atoms. The molecule has 0 aliphatic rings. The second kappa shape index (κ2) is 4.45. The highest BCUT2D eigenvalue weighted by Gasteiger charge is 2.08. The van der Waals surface area contributed by atoms with Crippen LogP contribution < -0.4 is 5.32 Å². The molecule has 2 rings (SSSR count). The lowest BCUT2D eigenvalue weighted by Gasteiger charge is -2.10. The van der Waals surface area contributed by atoms with Crippen LogP contribution in [-0.4, -0.2) is 21.6 Å². The quantitative estimate of drug-likeness (QED) is 0.847. The van der Waals surface area contributed by atoms with Crippen LogP contribution in [0.4, 0.5) is 0 Å². The van der Waals surface area contributed by atoms with Gasteiger partial charge in [0.2, 0.25) is 0 Å². The number of hydrogen-bond acceptors (Lipinski definition) is 3. The average molecular weight is 216 g/mol. The zero-order valence-corrected chi connectivity index (χ0v) is 9.86. The molecule has 0 atom stereocenters. The van der Waals surface area contributed by atoms with Gasteiger partial charge in [0.25, 0.3) is 0 Å². The van der Waals surface area contributed by atoms with Crippen LogP contribution in [0, 0.1) is 13.8 Å². The highest BCUT2D eigenvalue weighted by atomic mass is 15.1. The van der Waals surface area contributed by atoms with E-state index in [4.69, 9.17) is 0 Å². The van der Waals surface area contributed by atoms with E-state index < -0.39 is 0 Å². The fourth-order valence-corrected chi connectivity index (χ4v) is 1.72. The van der Waals surface area contributed by atoms with Gasteiger partial charge in [-0.2, -0.15) is 0 Å². The van der Waals surface area contributed by atoms with E-state index >= 15 is 0 Å². The zero-order chi connectivity index (χ0) is 11.5. The minimum Gasteiger partial charge on any atom is -0.316 e. The Kier molecular flexibility index (Phi) is 3.01. The smallest absolute Gasteiger partial charge is 0.0997 e. The van der Waals surface area contributed by atoms with Gasteiger partial charge in [-0.3, -0.25) is 4.98 Å². The molecule has 0 saturated carbocycles. The minimum absolute atomic E-state index is 0.805. The van der Waals surface area contributed by atoms with Gasteiger partial charge in [0, 0.05) is 30.2 Å². The summed E-state index contributed by atoms with van der Waals surface area (Å²) in [6, 6.07) is 2.01. The van der Waals surface area contributed by atoms with Crippen molar-refractivity contribution in [3.63, 3.8) is 0 Å². The number of aryl methyl sites for hydroxylation is 1. The van der Waals surface area contributed by atoms with Crippen LogP contribution >= 0.6 is 0 Å². The molecule has 2 heterocycles. The monoisotopic (exact) mass is 216 g/mol. The average Bonchev–Trinajstić information content (AvgIpc) is 2.61. The Morgan fingerprint density at radius 1 is 1.38 bits per heavy atom. The third-order valence-electron chi connectivity index (χ3n) is 2.76. The van der Waals surface area contributed by atoms with Crippen molar-refractivity contribution in [3.8, 4) is 5.69 Å². The molecule has 0 amide bonds. The van der Waals surface area contributed by atoms with Crippen LogP contribution in [0.1, 0.15) is 17.0 Å². The molecular weight excluding hydrogens is 200 g/mol. The molecular formula is C12H16N4. The maximum atomic E-state index is 4.32. The summed E-state index contributed by atoms with van der Waals surface area (Å²) in [7, 11) is 1.93.